The van der Waals surface area contributed by atoms with Crippen LogP contribution in [0.25, 0.3) is 0 Å². The van der Waals surface area contributed by atoms with E-state index in [0.717, 1.165) is 18.1 Å². The van der Waals surface area contributed by atoms with Crippen LogP contribution in [-0.4, -0.2) is 5.60 Å². The summed E-state index contributed by atoms with van der Waals surface area (Å²) in [5, 5.41) is 0. The zero-order valence-electron chi connectivity index (χ0n) is 11.8. The molecule has 2 heteroatoms. The van der Waals surface area contributed by atoms with E-state index in [2.05, 4.69) is 61.8 Å². The molecule has 0 radical (unpaired) electrons. The SMILES string of the molecule is CCC(C)CC(Br)c1ccc2c(c1)CC(C)(C)O2. The summed E-state index contributed by atoms with van der Waals surface area (Å²) in [5.41, 5.74) is 2.70. The number of benzene rings is 1. The summed E-state index contributed by atoms with van der Waals surface area (Å²) in [7, 11) is 0. The molecule has 0 fully saturated rings. The first-order valence-electron chi connectivity index (χ1n) is 6.87. The predicted molar refractivity (Wildman–Crippen MR) is 80.6 cm³/mol. The van der Waals surface area contributed by atoms with E-state index in [9.17, 15) is 0 Å². The monoisotopic (exact) mass is 310 g/mol. The molecule has 2 rings (SSSR count). The zero-order chi connectivity index (χ0) is 13.3. The lowest BCUT2D eigenvalue weighted by molar-refractivity contribution is 0.138. The quantitative estimate of drug-likeness (QED) is 0.688. The Bertz CT molecular complexity index is 425. The van der Waals surface area contributed by atoms with Gasteiger partial charge >= 0.3 is 0 Å². The number of alkyl halides is 1. The first kappa shape index (κ1) is 13.9. The molecule has 18 heavy (non-hydrogen) atoms. The number of ether oxygens (including phenoxy) is 1. The Balaban J connectivity index is 2.13. The van der Waals surface area contributed by atoms with Gasteiger partial charge in [0.25, 0.3) is 0 Å². The molecule has 0 saturated heterocycles. The van der Waals surface area contributed by atoms with Crippen molar-refractivity contribution >= 4 is 15.9 Å². The zero-order valence-corrected chi connectivity index (χ0v) is 13.4. The number of hydrogen-bond acceptors (Lipinski definition) is 1. The average molecular weight is 311 g/mol. The van der Waals surface area contributed by atoms with Crippen LogP contribution in [0.3, 0.4) is 0 Å². The molecule has 0 bridgehead atoms. The molecule has 1 aliphatic rings. The fourth-order valence-corrected chi connectivity index (χ4v) is 3.40. The Morgan fingerprint density at radius 3 is 2.78 bits per heavy atom. The number of halogens is 1. The molecule has 1 aromatic carbocycles. The van der Waals surface area contributed by atoms with Crippen molar-refractivity contribution in [2.24, 2.45) is 5.92 Å². The molecule has 0 spiro atoms. The van der Waals surface area contributed by atoms with Gasteiger partial charge in [0.2, 0.25) is 0 Å². The van der Waals surface area contributed by atoms with Crippen molar-refractivity contribution in [3.8, 4) is 5.75 Å². The van der Waals surface area contributed by atoms with Crippen molar-refractivity contribution in [2.45, 2.75) is 57.4 Å². The summed E-state index contributed by atoms with van der Waals surface area (Å²) in [6.45, 7) is 8.87. The molecule has 0 aromatic heterocycles. The fourth-order valence-electron chi connectivity index (χ4n) is 2.48. The maximum absolute atomic E-state index is 5.92. The van der Waals surface area contributed by atoms with Crippen molar-refractivity contribution < 1.29 is 4.74 Å². The lowest BCUT2D eigenvalue weighted by atomic mass is 9.96. The second-order valence-electron chi connectivity index (χ2n) is 6.12. The molecule has 1 heterocycles. The van der Waals surface area contributed by atoms with Crippen molar-refractivity contribution in [3.05, 3.63) is 29.3 Å². The van der Waals surface area contributed by atoms with Crippen LogP contribution in [0.15, 0.2) is 18.2 Å². The second kappa shape index (κ2) is 5.24. The first-order valence-corrected chi connectivity index (χ1v) is 7.79. The summed E-state index contributed by atoms with van der Waals surface area (Å²) in [6.07, 6.45) is 3.45. The van der Waals surface area contributed by atoms with E-state index in [1.54, 1.807) is 0 Å². The molecule has 1 aromatic rings. The predicted octanol–water partition coefficient (Wildman–Crippen LogP) is 5.27. The van der Waals surface area contributed by atoms with Crippen LogP contribution in [0.4, 0.5) is 0 Å². The summed E-state index contributed by atoms with van der Waals surface area (Å²) in [6, 6.07) is 6.64. The third-order valence-electron chi connectivity index (χ3n) is 3.75. The Morgan fingerprint density at radius 1 is 1.39 bits per heavy atom. The maximum atomic E-state index is 5.92. The Kier molecular flexibility index (Phi) is 4.05. The van der Waals surface area contributed by atoms with E-state index in [0.29, 0.717) is 4.83 Å². The Morgan fingerprint density at radius 2 is 2.11 bits per heavy atom. The van der Waals surface area contributed by atoms with Crippen molar-refractivity contribution in [2.75, 3.05) is 0 Å². The van der Waals surface area contributed by atoms with Crippen molar-refractivity contribution in [1.29, 1.82) is 0 Å². The number of hydrogen-bond donors (Lipinski definition) is 0. The maximum Gasteiger partial charge on any atom is 0.123 e. The van der Waals surface area contributed by atoms with Crippen molar-refractivity contribution in [3.63, 3.8) is 0 Å². The highest BCUT2D eigenvalue weighted by Crippen LogP contribution is 2.39. The lowest BCUT2D eigenvalue weighted by Crippen LogP contribution is -2.24. The van der Waals surface area contributed by atoms with Gasteiger partial charge in [0.05, 0.1) is 0 Å². The topological polar surface area (TPSA) is 9.23 Å². The van der Waals surface area contributed by atoms with Crippen molar-refractivity contribution in [1.82, 2.24) is 0 Å². The van der Waals surface area contributed by atoms with Gasteiger partial charge < -0.3 is 4.74 Å². The van der Waals surface area contributed by atoms with Crippen LogP contribution in [-0.2, 0) is 6.42 Å². The van der Waals surface area contributed by atoms with Gasteiger partial charge in [0, 0.05) is 11.2 Å². The van der Waals surface area contributed by atoms with Gasteiger partial charge in [-0.1, -0.05) is 48.3 Å². The normalized spacial score (nSPS) is 20.1. The minimum Gasteiger partial charge on any atom is -0.487 e. The van der Waals surface area contributed by atoms with Gasteiger partial charge in [-0.05, 0) is 43.4 Å². The molecular weight excluding hydrogens is 288 g/mol. The molecule has 100 valence electrons. The molecule has 2 unspecified atom stereocenters. The highest BCUT2D eigenvalue weighted by Gasteiger charge is 2.30. The van der Waals surface area contributed by atoms with Crippen LogP contribution < -0.4 is 4.74 Å². The summed E-state index contributed by atoms with van der Waals surface area (Å²) < 4.78 is 5.92. The van der Waals surface area contributed by atoms with Crippen LogP contribution in [0.5, 0.6) is 5.75 Å². The molecule has 0 N–H and O–H groups in total. The molecule has 2 atom stereocenters. The van der Waals surface area contributed by atoms with Crippen LogP contribution in [0.2, 0.25) is 0 Å². The average Bonchev–Trinajstić information content (AvgIpc) is 2.61. The summed E-state index contributed by atoms with van der Waals surface area (Å²) >= 11 is 3.82. The van der Waals surface area contributed by atoms with E-state index in [1.807, 2.05) is 0 Å². The fraction of sp³-hybridized carbons (Fsp3) is 0.625. The standard InChI is InChI=1S/C16H23BrO/c1-5-11(2)8-14(17)12-6-7-15-13(9-12)10-16(3,4)18-15/h6-7,9,11,14H,5,8,10H2,1-4H3. The van der Waals surface area contributed by atoms with Crippen LogP contribution in [0, 0.1) is 5.92 Å². The minimum atomic E-state index is -0.0422. The third-order valence-corrected chi connectivity index (χ3v) is 4.66. The second-order valence-corrected chi connectivity index (χ2v) is 7.23. The Hall–Kier alpha value is -0.500. The molecule has 0 aliphatic carbocycles. The summed E-state index contributed by atoms with van der Waals surface area (Å²) in [5.74, 6) is 1.82. The minimum absolute atomic E-state index is 0.0422. The van der Waals surface area contributed by atoms with Gasteiger partial charge in [-0.25, -0.2) is 0 Å². The third kappa shape index (κ3) is 3.09. The van der Waals surface area contributed by atoms with Gasteiger partial charge in [0.15, 0.2) is 0 Å². The first-order chi connectivity index (χ1) is 8.41. The van der Waals surface area contributed by atoms with Gasteiger partial charge in [-0.3, -0.25) is 0 Å². The molecular formula is C16H23BrO. The highest BCUT2D eigenvalue weighted by atomic mass is 79.9. The number of rotatable bonds is 4. The lowest BCUT2D eigenvalue weighted by Gasteiger charge is -2.16. The molecule has 0 saturated carbocycles. The van der Waals surface area contributed by atoms with E-state index in [1.165, 1.54) is 24.0 Å². The van der Waals surface area contributed by atoms with E-state index >= 15 is 0 Å². The summed E-state index contributed by atoms with van der Waals surface area (Å²) in [4.78, 5) is 0.460. The number of fused-ring (bicyclic) bond motifs is 1. The van der Waals surface area contributed by atoms with Crippen LogP contribution >= 0.6 is 15.9 Å². The van der Waals surface area contributed by atoms with E-state index in [4.69, 9.17) is 4.74 Å². The highest BCUT2D eigenvalue weighted by molar-refractivity contribution is 9.09. The smallest absolute Gasteiger partial charge is 0.123 e. The largest absolute Gasteiger partial charge is 0.487 e. The molecule has 0 amide bonds. The van der Waals surface area contributed by atoms with Gasteiger partial charge in [-0.2, -0.15) is 0 Å². The molecule has 1 nitrogen and oxygen atoms in total. The van der Waals surface area contributed by atoms with E-state index < -0.39 is 0 Å². The van der Waals surface area contributed by atoms with E-state index in [-0.39, 0.29) is 5.60 Å². The Labute approximate surface area is 119 Å². The van der Waals surface area contributed by atoms with Crippen LogP contribution in [0.1, 0.15) is 56.5 Å². The van der Waals surface area contributed by atoms with Gasteiger partial charge in [-0.15, -0.1) is 0 Å². The van der Waals surface area contributed by atoms with Gasteiger partial charge in [0.1, 0.15) is 11.4 Å². The molecule has 1 aliphatic heterocycles.